The number of amides is 1. The normalized spacial score (nSPS) is 18.1. The van der Waals surface area contributed by atoms with E-state index in [2.05, 4.69) is 22.1 Å². The van der Waals surface area contributed by atoms with Crippen LogP contribution in [0.5, 0.6) is 0 Å². The fourth-order valence-electron chi connectivity index (χ4n) is 5.37. The van der Waals surface area contributed by atoms with Crippen LogP contribution in [0.4, 0.5) is 14.5 Å². The summed E-state index contributed by atoms with van der Waals surface area (Å²) in [6.07, 6.45) is 1.14. The minimum absolute atomic E-state index is 0.120. The first-order chi connectivity index (χ1) is 17.0. The van der Waals surface area contributed by atoms with E-state index in [0.29, 0.717) is 16.1 Å². The van der Waals surface area contributed by atoms with Crippen LogP contribution in [0.1, 0.15) is 65.3 Å². The van der Waals surface area contributed by atoms with Crippen LogP contribution in [-0.2, 0) is 6.54 Å². The lowest BCUT2D eigenvalue weighted by atomic mass is 9.88. The number of rotatable bonds is 9. The Hall–Kier alpha value is -2.45. The lowest BCUT2D eigenvalue weighted by molar-refractivity contribution is 0.0688. The number of aryl methyl sites for hydroxylation is 2. The summed E-state index contributed by atoms with van der Waals surface area (Å²) >= 11 is 6.46. The Bertz CT molecular complexity index is 1130. The van der Waals surface area contributed by atoms with Crippen molar-refractivity contribution in [3.8, 4) is 0 Å². The van der Waals surface area contributed by atoms with Crippen molar-refractivity contribution >= 4 is 23.2 Å². The predicted octanol–water partition coefficient (Wildman–Crippen LogP) is 5.22. The van der Waals surface area contributed by atoms with Gasteiger partial charge in [0.2, 0.25) is 0 Å². The third-order valence-corrected chi connectivity index (χ3v) is 7.53. The van der Waals surface area contributed by atoms with Gasteiger partial charge in [0.05, 0.1) is 6.54 Å². The lowest BCUT2D eigenvalue weighted by Crippen LogP contribution is -2.44. The minimum atomic E-state index is -2.33. The number of H-pyrrole nitrogens is 1. The van der Waals surface area contributed by atoms with E-state index in [4.69, 9.17) is 11.6 Å². The average molecular weight is 523 g/mol. The van der Waals surface area contributed by atoms with Gasteiger partial charge in [-0.15, -0.1) is 0 Å². The van der Waals surface area contributed by atoms with Crippen LogP contribution >= 0.6 is 11.6 Å². The third kappa shape index (κ3) is 6.65. The highest BCUT2D eigenvalue weighted by atomic mass is 35.5. The van der Waals surface area contributed by atoms with Crippen molar-refractivity contribution in [2.45, 2.75) is 78.4 Å². The first-order valence-electron chi connectivity index (χ1n) is 12.5. The van der Waals surface area contributed by atoms with Crippen LogP contribution in [-0.4, -0.2) is 54.4 Å². The molecule has 198 valence electrons. The molecule has 0 saturated heterocycles. The molecule has 1 aliphatic rings. The number of alkyl halides is 2. The van der Waals surface area contributed by atoms with E-state index in [9.17, 15) is 18.4 Å². The largest absolute Gasteiger partial charge is 0.369 e. The number of hydrogen-bond donors (Lipinski definition) is 2. The number of halogens is 3. The fourth-order valence-corrected chi connectivity index (χ4v) is 5.58. The van der Waals surface area contributed by atoms with Gasteiger partial charge in [-0.3, -0.25) is 14.5 Å². The highest BCUT2D eigenvalue weighted by Gasteiger charge is 2.29. The van der Waals surface area contributed by atoms with E-state index in [1.165, 1.54) is 0 Å². The zero-order valence-corrected chi connectivity index (χ0v) is 22.5. The number of carbonyl (C=O) groups is 1. The predicted molar refractivity (Wildman–Crippen MR) is 142 cm³/mol. The van der Waals surface area contributed by atoms with Crippen LogP contribution < -0.4 is 15.8 Å². The van der Waals surface area contributed by atoms with E-state index >= 15 is 0 Å². The second kappa shape index (κ2) is 12.2. The minimum Gasteiger partial charge on any atom is -0.369 e. The van der Waals surface area contributed by atoms with Crippen LogP contribution in [0.2, 0.25) is 5.02 Å². The second-order valence-corrected chi connectivity index (χ2v) is 10.2. The maximum atomic E-state index is 13.2. The zero-order chi connectivity index (χ0) is 26.6. The number of pyridine rings is 1. The van der Waals surface area contributed by atoms with Crippen molar-refractivity contribution < 1.29 is 13.6 Å². The summed E-state index contributed by atoms with van der Waals surface area (Å²) in [7, 11) is 1.77. The van der Waals surface area contributed by atoms with Crippen LogP contribution in [0, 0.1) is 20.8 Å². The van der Waals surface area contributed by atoms with Crippen molar-refractivity contribution in [2.24, 2.45) is 0 Å². The molecule has 0 bridgehead atoms. The SMILES string of the molecule is CCN(c1cc(Cl)cc(C(=O)NCc2c(C)cc(C)[nH]c2=O)c1C)C1CCC(N(C)CC(F)F)CC1. The van der Waals surface area contributed by atoms with Crippen molar-refractivity contribution in [1.29, 1.82) is 0 Å². The number of aromatic nitrogens is 1. The number of nitrogens with zero attached hydrogens (tertiary/aromatic N) is 2. The molecule has 1 aromatic heterocycles. The molecule has 1 amide bonds. The highest BCUT2D eigenvalue weighted by molar-refractivity contribution is 6.31. The molecule has 1 saturated carbocycles. The molecule has 1 aromatic carbocycles. The molecule has 1 aliphatic carbocycles. The molecule has 1 fully saturated rings. The molecule has 3 rings (SSSR count). The first kappa shape index (κ1) is 28.1. The summed E-state index contributed by atoms with van der Waals surface area (Å²) < 4.78 is 25.6. The molecule has 1 heterocycles. The van der Waals surface area contributed by atoms with Gasteiger partial charge in [-0.1, -0.05) is 11.6 Å². The molecule has 36 heavy (non-hydrogen) atoms. The molecule has 0 atom stereocenters. The fraction of sp³-hybridized carbons (Fsp3) is 0.556. The molecule has 0 spiro atoms. The molecule has 2 aromatic rings. The monoisotopic (exact) mass is 522 g/mol. The number of benzene rings is 1. The van der Waals surface area contributed by atoms with E-state index in [1.807, 2.05) is 32.9 Å². The van der Waals surface area contributed by atoms with Gasteiger partial charge in [-0.05, 0) is 89.8 Å². The number of carbonyl (C=O) groups excluding carboxylic acids is 1. The molecule has 0 radical (unpaired) electrons. The van der Waals surface area contributed by atoms with Crippen molar-refractivity contribution in [2.75, 3.05) is 25.0 Å². The summed E-state index contributed by atoms with van der Waals surface area (Å²) in [4.78, 5) is 32.3. The van der Waals surface area contributed by atoms with Crippen LogP contribution in [0.15, 0.2) is 23.0 Å². The number of aromatic amines is 1. The highest BCUT2D eigenvalue weighted by Crippen LogP contribution is 2.34. The second-order valence-electron chi connectivity index (χ2n) is 9.80. The van der Waals surface area contributed by atoms with Crippen molar-refractivity contribution in [3.05, 3.63) is 61.5 Å². The maximum absolute atomic E-state index is 13.2. The Labute approximate surface area is 217 Å². The van der Waals surface area contributed by atoms with E-state index in [0.717, 1.165) is 54.7 Å². The Kier molecular flexibility index (Phi) is 9.53. The third-order valence-electron chi connectivity index (χ3n) is 7.32. The lowest BCUT2D eigenvalue weighted by Gasteiger charge is -2.41. The summed E-state index contributed by atoms with van der Waals surface area (Å²) in [6, 6.07) is 5.83. The van der Waals surface area contributed by atoms with E-state index < -0.39 is 6.43 Å². The van der Waals surface area contributed by atoms with Gasteiger partial charge in [-0.25, -0.2) is 8.78 Å². The molecule has 0 aliphatic heterocycles. The van der Waals surface area contributed by atoms with Gasteiger partial charge < -0.3 is 15.2 Å². The first-order valence-corrected chi connectivity index (χ1v) is 12.9. The van der Waals surface area contributed by atoms with Gasteiger partial charge in [0.25, 0.3) is 17.9 Å². The van der Waals surface area contributed by atoms with Gasteiger partial charge in [0, 0.05) is 52.7 Å². The van der Waals surface area contributed by atoms with Crippen LogP contribution in [0.3, 0.4) is 0 Å². The summed E-state index contributed by atoms with van der Waals surface area (Å²) in [5.41, 5.74) is 4.13. The maximum Gasteiger partial charge on any atom is 0.253 e. The molecule has 2 N–H and O–H groups in total. The zero-order valence-electron chi connectivity index (χ0n) is 21.8. The standard InChI is InChI=1S/C27H37ClF2N4O2/c1-6-34(21-9-7-20(8-10-21)33(5)15-25(29)30)24-13-19(28)12-22(18(24)4)26(35)31-14-23-16(2)11-17(3)32-27(23)36/h11-13,20-21,25H,6-10,14-15H2,1-5H3,(H,31,35)(H,32,36). The topological polar surface area (TPSA) is 68.4 Å². The van der Waals surface area contributed by atoms with E-state index in [1.54, 1.807) is 18.0 Å². The Morgan fingerprint density at radius 2 is 1.78 bits per heavy atom. The Balaban J connectivity index is 1.76. The average Bonchev–Trinajstić information content (AvgIpc) is 2.80. The smallest absolute Gasteiger partial charge is 0.253 e. The summed E-state index contributed by atoms with van der Waals surface area (Å²) in [6.45, 7) is 8.31. The van der Waals surface area contributed by atoms with Gasteiger partial charge in [0.1, 0.15) is 0 Å². The van der Waals surface area contributed by atoms with E-state index in [-0.39, 0.29) is 36.6 Å². The number of anilines is 1. The van der Waals surface area contributed by atoms with Gasteiger partial charge in [-0.2, -0.15) is 0 Å². The Morgan fingerprint density at radius 3 is 2.36 bits per heavy atom. The van der Waals surface area contributed by atoms with Gasteiger partial charge in [0.15, 0.2) is 0 Å². The Morgan fingerprint density at radius 1 is 1.14 bits per heavy atom. The molecule has 0 unspecified atom stereocenters. The number of nitrogens with one attached hydrogen (secondary N) is 2. The quantitative estimate of drug-likeness (QED) is 0.474. The van der Waals surface area contributed by atoms with Crippen molar-refractivity contribution in [3.63, 3.8) is 0 Å². The molecular weight excluding hydrogens is 486 g/mol. The van der Waals surface area contributed by atoms with Gasteiger partial charge >= 0.3 is 0 Å². The summed E-state index contributed by atoms with van der Waals surface area (Å²) in [5, 5.41) is 3.35. The summed E-state index contributed by atoms with van der Waals surface area (Å²) in [5.74, 6) is -0.288. The van der Waals surface area contributed by atoms with Crippen LogP contribution in [0.25, 0.3) is 0 Å². The molecule has 9 heteroatoms. The molecule has 6 nitrogen and oxygen atoms in total. The molecular formula is C27H37ClF2N4O2. The van der Waals surface area contributed by atoms with Crippen molar-refractivity contribution in [1.82, 2.24) is 15.2 Å². The number of hydrogen-bond acceptors (Lipinski definition) is 4.